The molecule has 2 unspecified atom stereocenters. The Hall–Kier alpha value is -1.10. The Kier molecular flexibility index (Phi) is 2.06. The van der Waals surface area contributed by atoms with Gasteiger partial charge >= 0.3 is 11.9 Å². The highest BCUT2D eigenvalue weighted by molar-refractivity contribution is 5.87. The quantitative estimate of drug-likeness (QED) is 0.545. The maximum atomic E-state index is 10.9. The lowest BCUT2D eigenvalue weighted by atomic mass is 9.88. The highest BCUT2D eigenvalue weighted by Gasteiger charge is 2.50. The number of aliphatic hydroxyl groups is 1. The van der Waals surface area contributed by atoms with Gasteiger partial charge in [-0.05, 0) is 6.92 Å². The molecule has 1 saturated heterocycles. The van der Waals surface area contributed by atoms with Crippen LogP contribution in [0.15, 0.2) is 0 Å². The van der Waals surface area contributed by atoms with Gasteiger partial charge in [0.1, 0.15) is 0 Å². The minimum absolute atomic E-state index is 0.0549. The van der Waals surface area contributed by atoms with E-state index >= 15 is 0 Å². The molecule has 1 heterocycles. The second-order valence-corrected chi connectivity index (χ2v) is 2.87. The monoisotopic (exact) mass is 174 g/mol. The third kappa shape index (κ3) is 1.16. The molecular formula is C7H10O5. The Balaban J connectivity index is 2.83. The molecule has 0 bridgehead atoms. The molecule has 0 aromatic heterocycles. The minimum atomic E-state index is -1.83. The second-order valence-electron chi connectivity index (χ2n) is 2.87. The number of hydrogen-bond acceptors (Lipinski definition) is 4. The normalized spacial score (nSPS) is 31.3. The standard InChI is InChI=1S/C7H10O5/c1-4(5(8)9)7(11)2-3-12-6(7)10/h4,11H,2-3H2,1H3,(H,8,9). The summed E-state index contributed by atoms with van der Waals surface area (Å²) in [6.45, 7) is 1.38. The lowest BCUT2D eigenvalue weighted by Gasteiger charge is -2.21. The van der Waals surface area contributed by atoms with E-state index < -0.39 is 23.5 Å². The van der Waals surface area contributed by atoms with Crippen molar-refractivity contribution in [3.8, 4) is 0 Å². The number of esters is 1. The Morgan fingerprint density at radius 1 is 1.75 bits per heavy atom. The maximum absolute atomic E-state index is 10.9. The highest BCUT2D eigenvalue weighted by atomic mass is 16.6. The van der Waals surface area contributed by atoms with Crippen LogP contribution < -0.4 is 0 Å². The number of ether oxygens (including phenoxy) is 1. The molecular weight excluding hydrogens is 164 g/mol. The highest BCUT2D eigenvalue weighted by Crippen LogP contribution is 2.28. The summed E-state index contributed by atoms with van der Waals surface area (Å²) in [6, 6.07) is 0. The molecule has 2 N–H and O–H groups in total. The number of hydrogen-bond donors (Lipinski definition) is 2. The Morgan fingerprint density at radius 2 is 2.33 bits per heavy atom. The average molecular weight is 174 g/mol. The first-order valence-electron chi connectivity index (χ1n) is 3.61. The van der Waals surface area contributed by atoms with Crippen LogP contribution in [0, 0.1) is 5.92 Å². The van der Waals surface area contributed by atoms with Gasteiger partial charge in [-0.25, -0.2) is 4.79 Å². The van der Waals surface area contributed by atoms with E-state index in [1.165, 1.54) is 6.92 Å². The summed E-state index contributed by atoms with van der Waals surface area (Å²) in [4.78, 5) is 21.4. The van der Waals surface area contributed by atoms with Gasteiger partial charge in [0, 0.05) is 6.42 Å². The topological polar surface area (TPSA) is 83.8 Å². The van der Waals surface area contributed by atoms with E-state index in [9.17, 15) is 14.7 Å². The molecule has 2 atom stereocenters. The zero-order valence-corrected chi connectivity index (χ0v) is 6.61. The molecule has 68 valence electrons. The van der Waals surface area contributed by atoms with Crippen LogP contribution in [0.25, 0.3) is 0 Å². The van der Waals surface area contributed by atoms with Gasteiger partial charge in [-0.15, -0.1) is 0 Å². The molecule has 0 aromatic rings. The molecule has 1 aliphatic heterocycles. The van der Waals surface area contributed by atoms with Gasteiger partial charge in [-0.2, -0.15) is 0 Å². The van der Waals surface area contributed by atoms with Crippen molar-refractivity contribution in [2.45, 2.75) is 18.9 Å². The van der Waals surface area contributed by atoms with Gasteiger partial charge < -0.3 is 14.9 Å². The predicted molar refractivity (Wildman–Crippen MR) is 37.3 cm³/mol. The summed E-state index contributed by atoms with van der Waals surface area (Å²) in [5, 5.41) is 18.1. The minimum Gasteiger partial charge on any atom is -0.481 e. The fourth-order valence-electron chi connectivity index (χ4n) is 1.12. The van der Waals surface area contributed by atoms with Crippen molar-refractivity contribution in [3.63, 3.8) is 0 Å². The van der Waals surface area contributed by atoms with Crippen LogP contribution in [0.2, 0.25) is 0 Å². The number of cyclic esters (lactones) is 1. The molecule has 0 amide bonds. The Labute approximate surface area is 68.9 Å². The van der Waals surface area contributed by atoms with Crippen molar-refractivity contribution < 1.29 is 24.5 Å². The zero-order valence-electron chi connectivity index (χ0n) is 6.61. The molecule has 0 radical (unpaired) electrons. The fraction of sp³-hybridized carbons (Fsp3) is 0.714. The zero-order chi connectivity index (χ0) is 9.35. The predicted octanol–water partition coefficient (Wildman–Crippen LogP) is -0.615. The summed E-state index contributed by atoms with van der Waals surface area (Å²) in [5.41, 5.74) is -1.83. The van der Waals surface area contributed by atoms with Gasteiger partial charge in [0.25, 0.3) is 0 Å². The van der Waals surface area contributed by atoms with E-state index in [-0.39, 0.29) is 13.0 Å². The van der Waals surface area contributed by atoms with E-state index in [1.807, 2.05) is 0 Å². The van der Waals surface area contributed by atoms with E-state index in [4.69, 9.17) is 5.11 Å². The van der Waals surface area contributed by atoms with Crippen molar-refractivity contribution >= 4 is 11.9 Å². The van der Waals surface area contributed by atoms with Crippen LogP contribution in [0.3, 0.4) is 0 Å². The SMILES string of the molecule is CC(C(=O)O)C1(O)CCOC1=O. The van der Waals surface area contributed by atoms with Crippen LogP contribution >= 0.6 is 0 Å². The Bertz CT molecular complexity index is 224. The fourth-order valence-corrected chi connectivity index (χ4v) is 1.12. The smallest absolute Gasteiger partial charge is 0.339 e. The first-order valence-corrected chi connectivity index (χ1v) is 3.61. The summed E-state index contributed by atoms with van der Waals surface area (Å²) in [7, 11) is 0. The number of carboxylic acids is 1. The number of carbonyl (C=O) groups is 2. The molecule has 1 aliphatic rings. The number of carbonyl (C=O) groups excluding carboxylic acids is 1. The third-order valence-corrected chi connectivity index (χ3v) is 2.16. The van der Waals surface area contributed by atoms with E-state index in [1.54, 1.807) is 0 Å². The van der Waals surface area contributed by atoms with Crippen molar-refractivity contribution in [2.75, 3.05) is 6.61 Å². The largest absolute Gasteiger partial charge is 0.481 e. The van der Waals surface area contributed by atoms with Crippen molar-refractivity contribution in [2.24, 2.45) is 5.92 Å². The first kappa shape index (κ1) is 8.99. The average Bonchev–Trinajstić information content (AvgIpc) is 2.32. The molecule has 5 nitrogen and oxygen atoms in total. The van der Waals surface area contributed by atoms with Gasteiger partial charge in [0.15, 0.2) is 5.60 Å². The van der Waals surface area contributed by atoms with E-state index in [0.29, 0.717) is 0 Å². The Morgan fingerprint density at radius 3 is 2.67 bits per heavy atom. The van der Waals surface area contributed by atoms with Crippen molar-refractivity contribution in [1.82, 2.24) is 0 Å². The number of rotatable bonds is 2. The molecule has 0 aliphatic carbocycles. The molecule has 0 saturated carbocycles. The van der Waals surface area contributed by atoms with Crippen molar-refractivity contribution in [1.29, 1.82) is 0 Å². The van der Waals surface area contributed by atoms with Crippen LogP contribution in [-0.2, 0) is 14.3 Å². The molecule has 1 rings (SSSR count). The number of carboxylic acid groups (broad SMARTS) is 1. The van der Waals surface area contributed by atoms with Gasteiger partial charge in [0.2, 0.25) is 0 Å². The van der Waals surface area contributed by atoms with E-state index in [2.05, 4.69) is 4.74 Å². The summed E-state index contributed by atoms with van der Waals surface area (Å²) < 4.78 is 4.49. The lowest BCUT2D eigenvalue weighted by molar-refractivity contribution is -0.166. The number of aliphatic carboxylic acids is 1. The van der Waals surface area contributed by atoms with Gasteiger partial charge in [0.05, 0.1) is 12.5 Å². The lowest BCUT2D eigenvalue weighted by Crippen LogP contribution is -2.44. The van der Waals surface area contributed by atoms with Gasteiger partial charge in [-0.1, -0.05) is 0 Å². The summed E-state index contributed by atoms with van der Waals surface area (Å²) in [5.74, 6) is -3.15. The first-order chi connectivity index (χ1) is 5.48. The van der Waals surface area contributed by atoms with Crippen LogP contribution in [-0.4, -0.2) is 34.4 Å². The molecule has 5 heteroatoms. The second kappa shape index (κ2) is 2.75. The molecule has 0 aromatic carbocycles. The van der Waals surface area contributed by atoms with E-state index in [0.717, 1.165) is 0 Å². The molecule has 1 fully saturated rings. The maximum Gasteiger partial charge on any atom is 0.339 e. The summed E-state index contributed by atoms with van der Waals surface area (Å²) >= 11 is 0. The van der Waals surface area contributed by atoms with Crippen molar-refractivity contribution in [3.05, 3.63) is 0 Å². The van der Waals surface area contributed by atoms with Crippen LogP contribution in [0.5, 0.6) is 0 Å². The van der Waals surface area contributed by atoms with Crippen LogP contribution in [0.1, 0.15) is 13.3 Å². The molecule has 12 heavy (non-hydrogen) atoms. The van der Waals surface area contributed by atoms with Crippen LogP contribution in [0.4, 0.5) is 0 Å². The third-order valence-electron chi connectivity index (χ3n) is 2.16. The van der Waals surface area contributed by atoms with Gasteiger partial charge in [-0.3, -0.25) is 4.79 Å². The summed E-state index contributed by atoms with van der Waals surface area (Å²) in [6.07, 6.45) is 0.0549. The molecule has 0 spiro atoms.